The number of hydrogen-bond acceptors (Lipinski definition) is 2. The number of aldehydes is 1. The SMILES string of the molecule is CC(C)Oc1c(C=O)cc(C2CC2)cc1C1CCC1. The second-order valence-corrected chi connectivity index (χ2v) is 6.22. The van der Waals surface area contributed by atoms with Crippen molar-refractivity contribution in [3.05, 3.63) is 28.8 Å². The Morgan fingerprint density at radius 3 is 2.37 bits per heavy atom. The monoisotopic (exact) mass is 258 g/mol. The molecule has 0 heterocycles. The fourth-order valence-corrected chi connectivity index (χ4v) is 2.83. The highest BCUT2D eigenvalue weighted by molar-refractivity contribution is 5.81. The van der Waals surface area contributed by atoms with E-state index < -0.39 is 0 Å². The van der Waals surface area contributed by atoms with Crippen LogP contribution in [-0.4, -0.2) is 12.4 Å². The van der Waals surface area contributed by atoms with Crippen molar-refractivity contribution in [2.45, 2.75) is 63.9 Å². The van der Waals surface area contributed by atoms with E-state index in [1.807, 2.05) is 19.9 Å². The molecule has 2 heteroatoms. The van der Waals surface area contributed by atoms with E-state index in [0.29, 0.717) is 11.8 Å². The largest absolute Gasteiger partial charge is 0.490 e. The van der Waals surface area contributed by atoms with E-state index in [1.54, 1.807) is 0 Å². The van der Waals surface area contributed by atoms with Crippen LogP contribution in [0, 0.1) is 0 Å². The Balaban J connectivity index is 2.04. The second kappa shape index (κ2) is 4.99. The predicted octanol–water partition coefficient (Wildman–Crippen LogP) is 4.43. The number of ether oxygens (including phenoxy) is 1. The molecule has 0 atom stereocenters. The summed E-state index contributed by atoms with van der Waals surface area (Å²) in [5.74, 6) is 2.14. The zero-order valence-electron chi connectivity index (χ0n) is 11.8. The molecule has 2 saturated carbocycles. The van der Waals surface area contributed by atoms with Gasteiger partial charge in [0.25, 0.3) is 0 Å². The summed E-state index contributed by atoms with van der Waals surface area (Å²) in [5, 5.41) is 0. The predicted molar refractivity (Wildman–Crippen MR) is 76.2 cm³/mol. The van der Waals surface area contributed by atoms with Crippen molar-refractivity contribution < 1.29 is 9.53 Å². The van der Waals surface area contributed by atoms with Gasteiger partial charge in [0, 0.05) is 0 Å². The lowest BCUT2D eigenvalue weighted by molar-refractivity contribution is 0.111. The number of benzene rings is 1. The number of carbonyl (C=O) groups excluding carboxylic acids is 1. The van der Waals surface area contributed by atoms with Crippen molar-refractivity contribution in [2.24, 2.45) is 0 Å². The fraction of sp³-hybridized carbons (Fsp3) is 0.588. The maximum Gasteiger partial charge on any atom is 0.153 e. The average molecular weight is 258 g/mol. The van der Waals surface area contributed by atoms with Crippen LogP contribution in [0.1, 0.15) is 79.3 Å². The van der Waals surface area contributed by atoms with Crippen LogP contribution >= 0.6 is 0 Å². The van der Waals surface area contributed by atoms with Gasteiger partial charge in [-0.3, -0.25) is 4.79 Å². The topological polar surface area (TPSA) is 26.3 Å². The van der Waals surface area contributed by atoms with E-state index in [1.165, 1.54) is 43.2 Å². The van der Waals surface area contributed by atoms with Crippen LogP contribution in [-0.2, 0) is 0 Å². The normalized spacial score (nSPS) is 19.3. The molecule has 1 aromatic rings. The molecule has 0 aliphatic heterocycles. The third-order valence-electron chi connectivity index (χ3n) is 4.24. The molecular formula is C17H22O2. The highest BCUT2D eigenvalue weighted by Crippen LogP contribution is 2.47. The van der Waals surface area contributed by atoms with Gasteiger partial charge in [-0.2, -0.15) is 0 Å². The van der Waals surface area contributed by atoms with Gasteiger partial charge >= 0.3 is 0 Å². The summed E-state index contributed by atoms with van der Waals surface area (Å²) < 4.78 is 5.95. The van der Waals surface area contributed by atoms with E-state index in [2.05, 4.69) is 6.07 Å². The highest BCUT2D eigenvalue weighted by Gasteiger charge is 2.30. The molecule has 2 aliphatic carbocycles. The van der Waals surface area contributed by atoms with E-state index in [9.17, 15) is 4.79 Å². The summed E-state index contributed by atoms with van der Waals surface area (Å²) in [6.45, 7) is 4.04. The lowest BCUT2D eigenvalue weighted by Crippen LogP contribution is -2.15. The first-order chi connectivity index (χ1) is 9.19. The van der Waals surface area contributed by atoms with Crippen LogP contribution < -0.4 is 4.74 Å². The van der Waals surface area contributed by atoms with Gasteiger partial charge in [-0.1, -0.05) is 12.5 Å². The molecule has 2 nitrogen and oxygen atoms in total. The summed E-state index contributed by atoms with van der Waals surface area (Å²) in [4.78, 5) is 11.4. The maximum atomic E-state index is 11.4. The summed E-state index contributed by atoms with van der Waals surface area (Å²) in [5.41, 5.74) is 3.38. The Kier molecular flexibility index (Phi) is 3.34. The molecule has 19 heavy (non-hydrogen) atoms. The first-order valence-electron chi connectivity index (χ1n) is 7.48. The van der Waals surface area contributed by atoms with E-state index in [0.717, 1.165) is 17.6 Å². The fourth-order valence-electron chi connectivity index (χ4n) is 2.83. The van der Waals surface area contributed by atoms with Crippen molar-refractivity contribution in [3.8, 4) is 5.75 Å². The Hall–Kier alpha value is -1.31. The minimum absolute atomic E-state index is 0.115. The summed E-state index contributed by atoms with van der Waals surface area (Å²) in [6, 6.07) is 4.36. The van der Waals surface area contributed by atoms with Gasteiger partial charge in [0.05, 0.1) is 11.7 Å². The molecule has 2 fully saturated rings. The van der Waals surface area contributed by atoms with Gasteiger partial charge in [-0.25, -0.2) is 0 Å². The van der Waals surface area contributed by atoms with Crippen LogP contribution in [0.15, 0.2) is 12.1 Å². The quantitative estimate of drug-likeness (QED) is 0.730. The van der Waals surface area contributed by atoms with Gasteiger partial charge in [0.15, 0.2) is 6.29 Å². The standard InChI is InChI=1S/C17H22O2/c1-11(2)19-17-15(10-18)8-14(12-6-7-12)9-16(17)13-4-3-5-13/h8-13H,3-7H2,1-2H3. The first-order valence-corrected chi connectivity index (χ1v) is 7.48. The van der Waals surface area contributed by atoms with Crippen molar-refractivity contribution >= 4 is 6.29 Å². The molecule has 102 valence electrons. The van der Waals surface area contributed by atoms with Crippen molar-refractivity contribution in [3.63, 3.8) is 0 Å². The molecule has 0 amide bonds. The molecule has 0 aromatic heterocycles. The summed E-state index contributed by atoms with van der Waals surface area (Å²) >= 11 is 0. The van der Waals surface area contributed by atoms with Crippen molar-refractivity contribution in [2.75, 3.05) is 0 Å². The van der Waals surface area contributed by atoms with Crippen molar-refractivity contribution in [1.82, 2.24) is 0 Å². The molecule has 1 aromatic carbocycles. The average Bonchev–Trinajstić information content (AvgIpc) is 3.12. The Morgan fingerprint density at radius 2 is 1.89 bits per heavy atom. The Morgan fingerprint density at radius 1 is 1.16 bits per heavy atom. The smallest absolute Gasteiger partial charge is 0.153 e. The minimum Gasteiger partial charge on any atom is -0.490 e. The molecular weight excluding hydrogens is 236 g/mol. The third kappa shape index (κ3) is 2.54. The van der Waals surface area contributed by atoms with Gasteiger partial charge in [-0.15, -0.1) is 0 Å². The second-order valence-electron chi connectivity index (χ2n) is 6.22. The number of rotatable bonds is 5. The van der Waals surface area contributed by atoms with Crippen LogP contribution in [0.4, 0.5) is 0 Å². The molecule has 3 rings (SSSR count). The van der Waals surface area contributed by atoms with Crippen LogP contribution in [0.25, 0.3) is 0 Å². The van der Waals surface area contributed by atoms with Gasteiger partial charge < -0.3 is 4.74 Å². The van der Waals surface area contributed by atoms with Crippen LogP contribution in [0.5, 0.6) is 5.75 Å². The highest BCUT2D eigenvalue weighted by atomic mass is 16.5. The van der Waals surface area contributed by atoms with E-state index >= 15 is 0 Å². The molecule has 0 bridgehead atoms. The van der Waals surface area contributed by atoms with Gasteiger partial charge in [-0.05, 0) is 68.6 Å². The molecule has 2 aliphatic rings. The molecule has 0 saturated heterocycles. The third-order valence-corrected chi connectivity index (χ3v) is 4.24. The molecule has 0 unspecified atom stereocenters. The van der Waals surface area contributed by atoms with Crippen LogP contribution in [0.2, 0.25) is 0 Å². The molecule has 0 N–H and O–H groups in total. The zero-order valence-corrected chi connectivity index (χ0v) is 11.8. The number of hydrogen-bond donors (Lipinski definition) is 0. The number of carbonyl (C=O) groups is 1. The molecule has 0 spiro atoms. The lowest BCUT2D eigenvalue weighted by Gasteiger charge is -2.29. The minimum atomic E-state index is 0.115. The maximum absolute atomic E-state index is 11.4. The van der Waals surface area contributed by atoms with Gasteiger partial charge in [0.2, 0.25) is 0 Å². The summed E-state index contributed by atoms with van der Waals surface area (Å²) in [7, 11) is 0. The molecule has 0 radical (unpaired) electrons. The van der Waals surface area contributed by atoms with E-state index in [-0.39, 0.29) is 6.10 Å². The first kappa shape index (κ1) is 12.7. The Labute approximate surface area is 115 Å². The summed E-state index contributed by atoms with van der Waals surface area (Å²) in [6.07, 6.45) is 7.40. The van der Waals surface area contributed by atoms with Crippen molar-refractivity contribution in [1.29, 1.82) is 0 Å². The van der Waals surface area contributed by atoms with E-state index in [4.69, 9.17) is 4.74 Å². The lowest BCUT2D eigenvalue weighted by atomic mass is 9.78. The zero-order chi connectivity index (χ0) is 13.4. The van der Waals surface area contributed by atoms with Gasteiger partial charge in [0.1, 0.15) is 5.75 Å². The Bertz CT molecular complexity index is 482. The van der Waals surface area contributed by atoms with Crippen LogP contribution in [0.3, 0.4) is 0 Å².